The molecular formula is C12H12ClNO. The summed E-state index contributed by atoms with van der Waals surface area (Å²) in [7, 11) is 0. The first kappa shape index (κ1) is 10.2. The minimum absolute atomic E-state index is 0.0962. The van der Waals surface area contributed by atoms with E-state index in [1.54, 1.807) is 24.3 Å². The molecule has 1 N–H and O–H groups in total. The Bertz CT molecular complexity index is 395. The van der Waals surface area contributed by atoms with Crippen LogP contribution in [0.2, 0.25) is 5.02 Å². The van der Waals surface area contributed by atoms with Crippen molar-refractivity contribution < 1.29 is 4.79 Å². The van der Waals surface area contributed by atoms with Crippen molar-refractivity contribution in [3.8, 4) is 0 Å². The van der Waals surface area contributed by atoms with Crippen LogP contribution in [0.4, 0.5) is 0 Å². The first-order valence-electron chi connectivity index (χ1n) is 5.00. The third-order valence-electron chi connectivity index (χ3n) is 2.44. The summed E-state index contributed by atoms with van der Waals surface area (Å²) >= 11 is 5.76. The van der Waals surface area contributed by atoms with E-state index in [4.69, 9.17) is 11.6 Å². The molecule has 0 atom stereocenters. The van der Waals surface area contributed by atoms with E-state index >= 15 is 0 Å². The Morgan fingerprint density at radius 1 is 1.27 bits per heavy atom. The van der Waals surface area contributed by atoms with Crippen molar-refractivity contribution in [1.29, 1.82) is 0 Å². The lowest BCUT2D eigenvalue weighted by atomic mass is 9.99. The van der Waals surface area contributed by atoms with Crippen LogP contribution in [0.25, 0.3) is 0 Å². The Balaban J connectivity index is 2.20. The Morgan fingerprint density at radius 3 is 2.60 bits per heavy atom. The number of rotatable bonds is 2. The molecule has 0 bridgehead atoms. The van der Waals surface area contributed by atoms with Crippen molar-refractivity contribution in [2.75, 3.05) is 6.54 Å². The van der Waals surface area contributed by atoms with Gasteiger partial charge in [0, 0.05) is 28.9 Å². The molecule has 78 valence electrons. The zero-order valence-corrected chi connectivity index (χ0v) is 9.05. The van der Waals surface area contributed by atoms with Crippen LogP contribution >= 0.6 is 11.6 Å². The van der Waals surface area contributed by atoms with E-state index in [1.165, 1.54) is 0 Å². The molecule has 0 spiro atoms. The first-order valence-corrected chi connectivity index (χ1v) is 5.38. The molecule has 3 heteroatoms. The Morgan fingerprint density at radius 2 is 2.00 bits per heavy atom. The molecule has 15 heavy (non-hydrogen) atoms. The van der Waals surface area contributed by atoms with Crippen molar-refractivity contribution >= 4 is 17.4 Å². The van der Waals surface area contributed by atoms with E-state index in [-0.39, 0.29) is 5.78 Å². The number of nitrogens with one attached hydrogen (secondary N) is 1. The second kappa shape index (κ2) is 4.49. The van der Waals surface area contributed by atoms with E-state index in [1.807, 2.05) is 6.20 Å². The highest BCUT2D eigenvalue weighted by atomic mass is 35.5. The summed E-state index contributed by atoms with van der Waals surface area (Å²) in [6, 6.07) is 7.01. The lowest BCUT2D eigenvalue weighted by molar-refractivity contribution is 0.102. The van der Waals surface area contributed by atoms with Crippen LogP contribution < -0.4 is 5.32 Å². The van der Waals surface area contributed by atoms with Gasteiger partial charge in [0.25, 0.3) is 0 Å². The topological polar surface area (TPSA) is 29.1 Å². The number of hydrogen-bond acceptors (Lipinski definition) is 2. The third kappa shape index (κ3) is 2.39. The summed E-state index contributed by atoms with van der Waals surface area (Å²) in [4.78, 5) is 12.0. The molecule has 0 unspecified atom stereocenters. The molecule has 2 rings (SSSR count). The zero-order valence-electron chi connectivity index (χ0n) is 8.29. The summed E-state index contributed by atoms with van der Waals surface area (Å²) in [6.07, 6.45) is 3.69. The quantitative estimate of drug-likeness (QED) is 0.779. The van der Waals surface area contributed by atoms with Crippen molar-refractivity contribution in [2.24, 2.45) is 0 Å². The van der Waals surface area contributed by atoms with E-state index in [0.29, 0.717) is 10.6 Å². The van der Waals surface area contributed by atoms with Crippen molar-refractivity contribution in [1.82, 2.24) is 5.32 Å². The molecule has 1 aromatic rings. The summed E-state index contributed by atoms with van der Waals surface area (Å²) in [5.41, 5.74) is 1.55. The SMILES string of the molecule is O=C(C1=CNCCC1)c1ccc(Cl)cc1. The summed E-state index contributed by atoms with van der Waals surface area (Å²) in [6.45, 7) is 0.956. The highest BCUT2D eigenvalue weighted by Crippen LogP contribution is 2.17. The maximum absolute atomic E-state index is 12.0. The summed E-state index contributed by atoms with van der Waals surface area (Å²) in [5.74, 6) is 0.0962. The molecule has 1 aromatic carbocycles. The minimum atomic E-state index is 0.0962. The number of benzene rings is 1. The number of halogens is 1. The number of Topliss-reactive ketones (excluding diaryl/α,β-unsaturated/α-hetero) is 1. The largest absolute Gasteiger partial charge is 0.391 e. The van der Waals surface area contributed by atoms with Gasteiger partial charge < -0.3 is 5.32 Å². The van der Waals surface area contributed by atoms with Crippen LogP contribution in [-0.4, -0.2) is 12.3 Å². The molecule has 1 aliphatic heterocycles. The second-order valence-electron chi connectivity index (χ2n) is 3.56. The van der Waals surface area contributed by atoms with E-state index in [0.717, 1.165) is 25.0 Å². The highest BCUT2D eigenvalue weighted by molar-refractivity contribution is 6.30. The third-order valence-corrected chi connectivity index (χ3v) is 2.69. The highest BCUT2D eigenvalue weighted by Gasteiger charge is 2.13. The average Bonchev–Trinajstić information content (AvgIpc) is 2.30. The number of ketones is 1. The molecule has 1 heterocycles. The van der Waals surface area contributed by atoms with E-state index < -0.39 is 0 Å². The molecule has 0 saturated heterocycles. The van der Waals surface area contributed by atoms with Gasteiger partial charge in [-0.1, -0.05) is 11.6 Å². The van der Waals surface area contributed by atoms with E-state index in [9.17, 15) is 4.79 Å². The predicted molar refractivity (Wildman–Crippen MR) is 61.1 cm³/mol. The Hall–Kier alpha value is -1.28. The number of hydrogen-bond donors (Lipinski definition) is 1. The van der Waals surface area contributed by atoms with Crippen molar-refractivity contribution in [3.63, 3.8) is 0 Å². The van der Waals surface area contributed by atoms with Crippen LogP contribution in [-0.2, 0) is 0 Å². The fourth-order valence-corrected chi connectivity index (χ4v) is 1.74. The van der Waals surface area contributed by atoms with Gasteiger partial charge in [-0.15, -0.1) is 0 Å². The normalized spacial score (nSPS) is 15.4. The van der Waals surface area contributed by atoms with Gasteiger partial charge in [-0.2, -0.15) is 0 Å². The molecule has 0 aromatic heterocycles. The molecule has 0 fully saturated rings. The minimum Gasteiger partial charge on any atom is -0.391 e. The van der Waals surface area contributed by atoms with Crippen LogP contribution in [0.3, 0.4) is 0 Å². The van der Waals surface area contributed by atoms with Gasteiger partial charge in [0.15, 0.2) is 5.78 Å². The molecular weight excluding hydrogens is 210 g/mol. The molecule has 1 aliphatic rings. The summed E-state index contributed by atoms with van der Waals surface area (Å²) in [5, 5.41) is 3.74. The van der Waals surface area contributed by atoms with Gasteiger partial charge in [0.05, 0.1) is 0 Å². The Kier molecular flexibility index (Phi) is 3.07. The van der Waals surface area contributed by atoms with Crippen LogP contribution in [0.15, 0.2) is 36.0 Å². The Labute approximate surface area is 93.9 Å². The summed E-state index contributed by atoms with van der Waals surface area (Å²) < 4.78 is 0. The fourth-order valence-electron chi connectivity index (χ4n) is 1.61. The van der Waals surface area contributed by atoms with E-state index in [2.05, 4.69) is 5.32 Å². The molecule has 0 radical (unpaired) electrons. The van der Waals surface area contributed by atoms with Gasteiger partial charge in [0.2, 0.25) is 0 Å². The lowest BCUT2D eigenvalue weighted by Gasteiger charge is -2.13. The van der Waals surface area contributed by atoms with Gasteiger partial charge in [0.1, 0.15) is 0 Å². The number of carbonyl (C=O) groups is 1. The smallest absolute Gasteiger partial charge is 0.190 e. The van der Waals surface area contributed by atoms with Crippen molar-refractivity contribution in [3.05, 3.63) is 46.6 Å². The molecule has 0 aliphatic carbocycles. The molecule has 0 saturated carbocycles. The predicted octanol–water partition coefficient (Wildman–Crippen LogP) is 2.79. The maximum Gasteiger partial charge on any atom is 0.190 e. The van der Waals surface area contributed by atoms with Crippen LogP contribution in [0.5, 0.6) is 0 Å². The number of allylic oxidation sites excluding steroid dienone is 1. The zero-order chi connectivity index (χ0) is 10.7. The van der Waals surface area contributed by atoms with Crippen LogP contribution in [0.1, 0.15) is 23.2 Å². The first-order chi connectivity index (χ1) is 7.27. The monoisotopic (exact) mass is 221 g/mol. The van der Waals surface area contributed by atoms with Gasteiger partial charge >= 0.3 is 0 Å². The maximum atomic E-state index is 12.0. The fraction of sp³-hybridized carbons (Fsp3) is 0.250. The average molecular weight is 222 g/mol. The second-order valence-corrected chi connectivity index (χ2v) is 4.00. The van der Waals surface area contributed by atoms with Gasteiger partial charge in [-0.3, -0.25) is 4.79 Å². The standard InChI is InChI=1S/C12H12ClNO/c13-11-5-3-9(4-6-11)12(15)10-2-1-7-14-8-10/h3-6,8,14H,1-2,7H2. The van der Waals surface area contributed by atoms with Gasteiger partial charge in [-0.25, -0.2) is 0 Å². The number of carbonyl (C=O) groups excluding carboxylic acids is 1. The lowest BCUT2D eigenvalue weighted by Crippen LogP contribution is -2.18. The van der Waals surface area contributed by atoms with Crippen molar-refractivity contribution in [2.45, 2.75) is 12.8 Å². The van der Waals surface area contributed by atoms with Gasteiger partial charge in [-0.05, 0) is 37.1 Å². The molecule has 2 nitrogen and oxygen atoms in total. The molecule has 0 amide bonds. The van der Waals surface area contributed by atoms with Crippen LogP contribution in [0, 0.1) is 0 Å².